The minimum absolute atomic E-state index is 1.02. The maximum Gasteiger partial charge on any atom is 0.185 e. The van der Waals surface area contributed by atoms with Crippen molar-refractivity contribution in [2.45, 2.75) is 19.3 Å². The molecule has 2 aliphatic rings. The number of nitrogens with zero attached hydrogens (tertiary/aromatic N) is 5. The molecule has 0 N–H and O–H groups in total. The van der Waals surface area contributed by atoms with Crippen molar-refractivity contribution in [2.24, 2.45) is 0 Å². The van der Waals surface area contributed by atoms with Crippen molar-refractivity contribution in [2.75, 3.05) is 36.0 Å². The van der Waals surface area contributed by atoms with Crippen LogP contribution in [-0.2, 0) is 12.8 Å². The average molecular weight is 287 g/mol. The van der Waals surface area contributed by atoms with Gasteiger partial charge in [0.25, 0.3) is 0 Å². The molecule has 2 aromatic heterocycles. The molecule has 0 bridgehead atoms. The number of rotatable bonds is 2. The molecule has 0 amide bonds. The van der Waals surface area contributed by atoms with Crippen LogP contribution in [0.2, 0.25) is 0 Å². The van der Waals surface area contributed by atoms with Crippen molar-refractivity contribution in [1.82, 2.24) is 15.0 Å². The maximum atomic E-state index is 4.55. The molecule has 1 aliphatic carbocycles. The summed E-state index contributed by atoms with van der Waals surface area (Å²) in [6.45, 7) is 4.07. The van der Waals surface area contributed by atoms with E-state index in [-0.39, 0.29) is 0 Å². The number of thiazole rings is 1. The molecule has 104 valence electrons. The summed E-state index contributed by atoms with van der Waals surface area (Å²) in [7, 11) is 0. The highest BCUT2D eigenvalue weighted by atomic mass is 32.1. The standard InChI is InChI=1S/C14H17N5S/c1-2-11-12(3-1)16-10-17-13(11)18-5-7-19(8-6-18)14-15-4-9-20-14/h4,9-10H,1-3,5-8H2. The SMILES string of the molecule is c1csc(N2CCN(c3ncnc4c3CCC4)CC2)n1. The summed E-state index contributed by atoms with van der Waals surface area (Å²) in [6, 6.07) is 0. The van der Waals surface area contributed by atoms with Crippen LogP contribution in [0.25, 0.3) is 0 Å². The van der Waals surface area contributed by atoms with Crippen molar-refractivity contribution in [3.63, 3.8) is 0 Å². The van der Waals surface area contributed by atoms with E-state index in [0.717, 1.165) is 44.2 Å². The number of anilines is 2. The van der Waals surface area contributed by atoms with Crippen LogP contribution in [0, 0.1) is 0 Å². The highest BCUT2D eigenvalue weighted by Gasteiger charge is 2.24. The van der Waals surface area contributed by atoms with Gasteiger partial charge >= 0.3 is 0 Å². The van der Waals surface area contributed by atoms with Gasteiger partial charge in [0.05, 0.1) is 0 Å². The Balaban J connectivity index is 1.51. The van der Waals surface area contributed by atoms with Gasteiger partial charge in [-0.25, -0.2) is 15.0 Å². The topological polar surface area (TPSA) is 45.2 Å². The second-order valence-corrected chi connectivity index (χ2v) is 6.14. The number of hydrogen-bond acceptors (Lipinski definition) is 6. The van der Waals surface area contributed by atoms with E-state index in [1.165, 1.54) is 23.5 Å². The van der Waals surface area contributed by atoms with E-state index >= 15 is 0 Å². The van der Waals surface area contributed by atoms with Crippen LogP contribution in [0.5, 0.6) is 0 Å². The fourth-order valence-corrected chi connectivity index (χ4v) is 3.79. The van der Waals surface area contributed by atoms with Crippen LogP contribution in [0.4, 0.5) is 10.9 Å². The van der Waals surface area contributed by atoms with Crippen molar-refractivity contribution in [1.29, 1.82) is 0 Å². The molecule has 1 fully saturated rings. The van der Waals surface area contributed by atoms with Gasteiger partial charge in [-0.1, -0.05) is 0 Å². The number of aryl methyl sites for hydroxylation is 1. The van der Waals surface area contributed by atoms with E-state index in [1.807, 2.05) is 11.6 Å². The van der Waals surface area contributed by atoms with Gasteiger partial charge in [-0.15, -0.1) is 11.3 Å². The lowest BCUT2D eigenvalue weighted by Gasteiger charge is -2.35. The zero-order valence-electron chi connectivity index (χ0n) is 11.3. The fourth-order valence-electron chi connectivity index (χ4n) is 3.10. The second-order valence-electron chi connectivity index (χ2n) is 5.26. The van der Waals surface area contributed by atoms with Crippen LogP contribution < -0.4 is 9.80 Å². The van der Waals surface area contributed by atoms with Crippen LogP contribution in [0.15, 0.2) is 17.9 Å². The van der Waals surface area contributed by atoms with Crippen LogP contribution >= 0.6 is 11.3 Å². The van der Waals surface area contributed by atoms with Crippen LogP contribution in [-0.4, -0.2) is 41.1 Å². The fraction of sp³-hybridized carbons (Fsp3) is 0.500. The van der Waals surface area contributed by atoms with Gasteiger partial charge in [-0.2, -0.15) is 0 Å². The molecule has 2 aromatic rings. The Kier molecular flexibility index (Phi) is 3.03. The summed E-state index contributed by atoms with van der Waals surface area (Å²) in [6.07, 6.45) is 7.08. The van der Waals surface area contributed by atoms with E-state index in [1.54, 1.807) is 17.7 Å². The molecular weight excluding hydrogens is 270 g/mol. The lowest BCUT2D eigenvalue weighted by molar-refractivity contribution is 0.643. The van der Waals surface area contributed by atoms with Crippen LogP contribution in [0.1, 0.15) is 17.7 Å². The predicted octanol–water partition coefficient (Wildman–Crippen LogP) is 1.75. The van der Waals surface area contributed by atoms with Gasteiger partial charge in [-0.3, -0.25) is 0 Å². The summed E-state index contributed by atoms with van der Waals surface area (Å²) < 4.78 is 0. The normalized spacial score (nSPS) is 18.4. The van der Waals surface area contributed by atoms with Gasteiger partial charge in [0.2, 0.25) is 0 Å². The number of fused-ring (bicyclic) bond motifs is 1. The predicted molar refractivity (Wildman–Crippen MR) is 80.6 cm³/mol. The summed E-state index contributed by atoms with van der Waals surface area (Å²) in [4.78, 5) is 18.1. The Labute approximate surface area is 122 Å². The zero-order valence-corrected chi connectivity index (χ0v) is 12.1. The Bertz CT molecular complexity index is 590. The molecule has 3 heterocycles. The third kappa shape index (κ3) is 2.04. The summed E-state index contributed by atoms with van der Waals surface area (Å²) in [5.74, 6) is 1.17. The molecule has 4 rings (SSSR count). The molecule has 20 heavy (non-hydrogen) atoms. The number of aromatic nitrogens is 3. The monoisotopic (exact) mass is 287 g/mol. The molecule has 1 aliphatic heterocycles. The van der Waals surface area contributed by atoms with Crippen molar-refractivity contribution < 1.29 is 0 Å². The first-order valence-corrected chi connectivity index (χ1v) is 8.02. The van der Waals surface area contributed by atoms with E-state index in [4.69, 9.17) is 0 Å². The molecule has 0 radical (unpaired) electrons. The first-order chi connectivity index (χ1) is 9.92. The average Bonchev–Trinajstić information content (AvgIpc) is 3.18. The maximum absolute atomic E-state index is 4.55. The Morgan fingerprint density at radius 3 is 2.60 bits per heavy atom. The summed E-state index contributed by atoms with van der Waals surface area (Å²) in [5, 5.41) is 3.18. The molecular formula is C14H17N5S. The highest BCUT2D eigenvalue weighted by molar-refractivity contribution is 7.13. The minimum atomic E-state index is 1.02. The molecule has 0 unspecified atom stereocenters. The number of hydrogen-bond donors (Lipinski definition) is 0. The van der Waals surface area contributed by atoms with E-state index in [2.05, 4.69) is 24.8 Å². The third-order valence-corrected chi connectivity index (χ3v) is 4.95. The first-order valence-electron chi connectivity index (χ1n) is 7.14. The largest absolute Gasteiger partial charge is 0.353 e. The van der Waals surface area contributed by atoms with Crippen molar-refractivity contribution >= 4 is 22.3 Å². The summed E-state index contributed by atoms with van der Waals surface area (Å²) in [5.41, 5.74) is 2.65. The zero-order chi connectivity index (χ0) is 13.4. The van der Waals surface area contributed by atoms with Gasteiger partial charge in [0.1, 0.15) is 12.1 Å². The van der Waals surface area contributed by atoms with Crippen molar-refractivity contribution in [3.8, 4) is 0 Å². The highest BCUT2D eigenvalue weighted by Crippen LogP contribution is 2.29. The molecule has 5 nitrogen and oxygen atoms in total. The lowest BCUT2D eigenvalue weighted by Crippen LogP contribution is -2.47. The van der Waals surface area contributed by atoms with Gasteiger partial charge in [-0.05, 0) is 19.3 Å². The summed E-state index contributed by atoms with van der Waals surface area (Å²) >= 11 is 1.72. The van der Waals surface area contributed by atoms with Gasteiger partial charge in [0.15, 0.2) is 5.13 Å². The molecule has 0 atom stereocenters. The number of piperazine rings is 1. The smallest absolute Gasteiger partial charge is 0.185 e. The van der Waals surface area contributed by atoms with E-state index in [0.29, 0.717) is 0 Å². The van der Waals surface area contributed by atoms with Crippen LogP contribution in [0.3, 0.4) is 0 Å². The minimum Gasteiger partial charge on any atom is -0.353 e. The first kappa shape index (κ1) is 12.1. The Morgan fingerprint density at radius 2 is 1.80 bits per heavy atom. The molecule has 0 saturated carbocycles. The second kappa shape index (κ2) is 5.01. The van der Waals surface area contributed by atoms with Gasteiger partial charge in [0, 0.05) is 49.0 Å². The molecule has 6 heteroatoms. The Morgan fingerprint density at radius 1 is 0.950 bits per heavy atom. The van der Waals surface area contributed by atoms with E-state index in [9.17, 15) is 0 Å². The molecule has 0 aromatic carbocycles. The van der Waals surface area contributed by atoms with Gasteiger partial charge < -0.3 is 9.80 Å². The Hall–Kier alpha value is -1.69. The van der Waals surface area contributed by atoms with Crippen molar-refractivity contribution in [3.05, 3.63) is 29.2 Å². The lowest BCUT2D eigenvalue weighted by atomic mass is 10.2. The quantitative estimate of drug-likeness (QED) is 0.842. The molecule has 1 saturated heterocycles. The molecule has 0 spiro atoms. The van der Waals surface area contributed by atoms with E-state index < -0.39 is 0 Å². The third-order valence-electron chi connectivity index (χ3n) is 4.12.